The molecule has 3 aromatic rings. The standard InChI is InChI=1S/C16H10F2N2O3/c17-16(18)23-11-6-7-13-12(8-11)15(10-4-2-1-3-5-10)14(9-19-13)20(21)22/h1-9,16H. The van der Waals surface area contributed by atoms with Crippen LogP contribution in [-0.2, 0) is 0 Å². The van der Waals surface area contributed by atoms with Crippen LogP contribution in [0, 0.1) is 10.1 Å². The van der Waals surface area contributed by atoms with Gasteiger partial charge >= 0.3 is 6.61 Å². The smallest absolute Gasteiger partial charge is 0.387 e. The minimum atomic E-state index is -2.97. The summed E-state index contributed by atoms with van der Waals surface area (Å²) in [5.41, 5.74) is 1.18. The molecule has 0 aliphatic carbocycles. The average Bonchev–Trinajstić information content (AvgIpc) is 2.53. The molecule has 23 heavy (non-hydrogen) atoms. The Morgan fingerprint density at radius 3 is 2.52 bits per heavy atom. The zero-order valence-electron chi connectivity index (χ0n) is 11.6. The molecule has 0 saturated carbocycles. The molecule has 0 N–H and O–H groups in total. The molecule has 0 amide bonds. The zero-order valence-corrected chi connectivity index (χ0v) is 11.6. The first kappa shape index (κ1) is 14.8. The van der Waals surface area contributed by atoms with E-state index in [0.717, 1.165) is 6.20 Å². The van der Waals surface area contributed by atoms with Crippen molar-refractivity contribution in [3.05, 3.63) is 64.8 Å². The maximum atomic E-state index is 12.4. The van der Waals surface area contributed by atoms with Gasteiger partial charge in [-0.25, -0.2) is 4.98 Å². The largest absolute Gasteiger partial charge is 0.435 e. The van der Waals surface area contributed by atoms with Crippen molar-refractivity contribution in [1.82, 2.24) is 4.98 Å². The van der Waals surface area contributed by atoms with Crippen molar-refractivity contribution in [3.8, 4) is 16.9 Å². The number of benzene rings is 2. The molecular weight excluding hydrogens is 306 g/mol. The number of rotatable bonds is 4. The average molecular weight is 316 g/mol. The quantitative estimate of drug-likeness (QED) is 0.528. The van der Waals surface area contributed by atoms with Crippen molar-refractivity contribution in [2.75, 3.05) is 0 Å². The Morgan fingerprint density at radius 1 is 1.13 bits per heavy atom. The lowest BCUT2D eigenvalue weighted by molar-refractivity contribution is -0.384. The predicted molar refractivity (Wildman–Crippen MR) is 80.5 cm³/mol. The fraction of sp³-hybridized carbons (Fsp3) is 0.0625. The highest BCUT2D eigenvalue weighted by molar-refractivity contribution is 5.99. The van der Waals surface area contributed by atoms with E-state index < -0.39 is 11.5 Å². The van der Waals surface area contributed by atoms with Crippen LogP contribution >= 0.6 is 0 Å². The molecule has 2 aromatic carbocycles. The van der Waals surface area contributed by atoms with E-state index in [0.29, 0.717) is 22.0 Å². The minimum Gasteiger partial charge on any atom is -0.435 e. The number of hydrogen-bond donors (Lipinski definition) is 0. The molecule has 0 unspecified atom stereocenters. The third-order valence-corrected chi connectivity index (χ3v) is 3.30. The monoisotopic (exact) mass is 316 g/mol. The third-order valence-electron chi connectivity index (χ3n) is 3.30. The number of ether oxygens (including phenoxy) is 1. The molecule has 0 fully saturated rings. The van der Waals surface area contributed by atoms with Crippen molar-refractivity contribution < 1.29 is 18.4 Å². The molecule has 0 spiro atoms. The van der Waals surface area contributed by atoms with Crippen molar-refractivity contribution in [2.24, 2.45) is 0 Å². The van der Waals surface area contributed by atoms with Gasteiger partial charge in [0, 0.05) is 5.39 Å². The zero-order chi connectivity index (χ0) is 16.4. The highest BCUT2D eigenvalue weighted by Crippen LogP contribution is 2.37. The molecule has 3 rings (SSSR count). The topological polar surface area (TPSA) is 65.3 Å². The molecule has 5 nitrogen and oxygen atoms in total. The first-order valence-electron chi connectivity index (χ1n) is 6.63. The lowest BCUT2D eigenvalue weighted by atomic mass is 9.99. The molecule has 1 aromatic heterocycles. The summed E-state index contributed by atoms with van der Waals surface area (Å²) in [6, 6.07) is 12.9. The van der Waals surface area contributed by atoms with Gasteiger partial charge in [0.15, 0.2) is 0 Å². The van der Waals surface area contributed by atoms with Gasteiger partial charge in [-0.3, -0.25) is 10.1 Å². The van der Waals surface area contributed by atoms with E-state index in [1.54, 1.807) is 30.3 Å². The number of hydrogen-bond acceptors (Lipinski definition) is 4. The van der Waals surface area contributed by atoms with Crippen molar-refractivity contribution >= 4 is 16.6 Å². The van der Waals surface area contributed by atoms with Gasteiger partial charge in [0.05, 0.1) is 16.0 Å². The molecular formula is C16H10F2N2O3. The van der Waals surface area contributed by atoms with Gasteiger partial charge in [-0.05, 0) is 23.8 Å². The summed E-state index contributed by atoms with van der Waals surface area (Å²) in [4.78, 5) is 14.8. The van der Waals surface area contributed by atoms with E-state index in [2.05, 4.69) is 9.72 Å². The van der Waals surface area contributed by atoms with Gasteiger partial charge < -0.3 is 4.74 Å². The molecule has 0 atom stereocenters. The maximum absolute atomic E-state index is 12.4. The van der Waals surface area contributed by atoms with Gasteiger partial charge in [-0.15, -0.1) is 0 Å². The van der Waals surface area contributed by atoms with Crippen LogP contribution in [0.5, 0.6) is 5.75 Å². The summed E-state index contributed by atoms with van der Waals surface area (Å²) in [5.74, 6) is -0.0769. The summed E-state index contributed by atoms with van der Waals surface area (Å²) < 4.78 is 29.2. The number of aromatic nitrogens is 1. The minimum absolute atomic E-state index is 0.0769. The molecule has 0 radical (unpaired) electrons. The van der Waals surface area contributed by atoms with Gasteiger partial charge in [0.2, 0.25) is 0 Å². The number of alkyl halides is 2. The van der Waals surface area contributed by atoms with Gasteiger partial charge in [-0.2, -0.15) is 8.78 Å². The molecule has 7 heteroatoms. The summed E-state index contributed by atoms with van der Waals surface area (Å²) in [5, 5.41) is 11.7. The number of nitro groups is 1. The maximum Gasteiger partial charge on any atom is 0.387 e. The van der Waals surface area contributed by atoms with Crippen LogP contribution in [0.1, 0.15) is 0 Å². The van der Waals surface area contributed by atoms with E-state index in [-0.39, 0.29) is 11.4 Å². The van der Waals surface area contributed by atoms with Gasteiger partial charge in [0.25, 0.3) is 5.69 Å². The Labute approximate surface area is 129 Å². The second-order valence-electron chi connectivity index (χ2n) is 4.70. The van der Waals surface area contributed by atoms with Crippen LogP contribution in [0.2, 0.25) is 0 Å². The lowest BCUT2D eigenvalue weighted by Crippen LogP contribution is -2.02. The summed E-state index contributed by atoms with van der Waals surface area (Å²) >= 11 is 0. The SMILES string of the molecule is O=[N+]([O-])c1cnc2ccc(OC(F)F)cc2c1-c1ccccc1. The second-order valence-corrected chi connectivity index (χ2v) is 4.70. The number of nitrogens with zero attached hydrogens (tertiary/aromatic N) is 2. The number of halogens is 2. The number of pyridine rings is 1. The van der Waals surface area contributed by atoms with Crippen molar-refractivity contribution in [1.29, 1.82) is 0 Å². The highest BCUT2D eigenvalue weighted by atomic mass is 19.3. The fourth-order valence-electron chi connectivity index (χ4n) is 2.38. The Morgan fingerprint density at radius 2 is 1.87 bits per heavy atom. The van der Waals surface area contributed by atoms with Crippen molar-refractivity contribution in [3.63, 3.8) is 0 Å². The van der Waals surface area contributed by atoms with E-state index in [1.807, 2.05) is 0 Å². The Bertz CT molecular complexity index is 870. The summed E-state index contributed by atoms with van der Waals surface area (Å²) in [6.07, 6.45) is 1.16. The van der Waals surface area contributed by atoms with E-state index in [9.17, 15) is 18.9 Å². The summed E-state index contributed by atoms with van der Waals surface area (Å²) in [6.45, 7) is -2.97. The van der Waals surface area contributed by atoms with Crippen LogP contribution in [0.25, 0.3) is 22.0 Å². The molecule has 1 heterocycles. The first-order chi connectivity index (χ1) is 11.1. The predicted octanol–water partition coefficient (Wildman–Crippen LogP) is 4.41. The van der Waals surface area contributed by atoms with E-state index in [1.165, 1.54) is 18.2 Å². The number of fused-ring (bicyclic) bond motifs is 1. The van der Waals surface area contributed by atoms with E-state index in [4.69, 9.17) is 0 Å². The molecule has 116 valence electrons. The first-order valence-corrected chi connectivity index (χ1v) is 6.63. The van der Waals surface area contributed by atoms with Crippen LogP contribution < -0.4 is 4.74 Å². The summed E-state index contributed by atoms with van der Waals surface area (Å²) in [7, 11) is 0. The normalized spacial score (nSPS) is 10.9. The van der Waals surface area contributed by atoms with Gasteiger partial charge in [-0.1, -0.05) is 30.3 Å². The van der Waals surface area contributed by atoms with Crippen LogP contribution in [0.3, 0.4) is 0 Å². The Kier molecular flexibility index (Phi) is 3.84. The Hall–Kier alpha value is -3.09. The molecule has 0 aliphatic rings. The van der Waals surface area contributed by atoms with Crippen LogP contribution in [0.15, 0.2) is 54.7 Å². The van der Waals surface area contributed by atoms with Crippen LogP contribution in [0.4, 0.5) is 14.5 Å². The third kappa shape index (κ3) is 2.94. The van der Waals surface area contributed by atoms with Crippen molar-refractivity contribution in [2.45, 2.75) is 6.61 Å². The highest BCUT2D eigenvalue weighted by Gasteiger charge is 2.20. The second kappa shape index (κ2) is 5.96. The Balaban J connectivity index is 2.31. The lowest BCUT2D eigenvalue weighted by Gasteiger charge is -2.10. The van der Waals surface area contributed by atoms with Gasteiger partial charge in [0.1, 0.15) is 11.9 Å². The molecule has 0 saturated heterocycles. The van der Waals surface area contributed by atoms with Crippen LogP contribution in [-0.4, -0.2) is 16.5 Å². The molecule has 0 bridgehead atoms. The fourth-order valence-corrected chi connectivity index (χ4v) is 2.38. The van der Waals surface area contributed by atoms with E-state index >= 15 is 0 Å². The molecule has 0 aliphatic heterocycles.